The summed E-state index contributed by atoms with van der Waals surface area (Å²) in [7, 11) is 1.23. The molecule has 0 spiro atoms. The number of rotatable bonds is 15. The molecule has 2 aliphatic carbocycles. The van der Waals surface area contributed by atoms with E-state index in [0.717, 1.165) is 56.9 Å². The standard InChI is InChI=1S/C37H53N5O9/c1-3-13-27(32(44)34(46)38-21-29(43)40-31(36(48)49)25-18-11-6-12-19-25)39-33(45)28-20-26(23-14-7-4-8-15-23)22-42(28)35(47)30(41-37(50)51-2)24-16-9-5-10-17-24/h4,7-8,14-15,24-28,30-31H,3,5-6,9-13,16-22H2,1-2H3,(H,38,46)(H,39,45)(H,40,43)(H,41,50)(H,48,49)/t26-,27?,28?,30+,31+/m1/s1. The molecule has 5 amide bonds. The molecular weight excluding hydrogens is 658 g/mol. The van der Waals surface area contributed by atoms with E-state index in [1.807, 2.05) is 30.3 Å². The Hall–Kier alpha value is -4.49. The van der Waals surface area contributed by atoms with E-state index >= 15 is 0 Å². The highest BCUT2D eigenvalue weighted by Crippen LogP contribution is 2.35. The topological polar surface area (TPSA) is 200 Å². The Morgan fingerprint density at radius 3 is 2.02 bits per heavy atom. The van der Waals surface area contributed by atoms with E-state index in [2.05, 4.69) is 21.3 Å². The van der Waals surface area contributed by atoms with Crippen LogP contribution in [0.25, 0.3) is 0 Å². The van der Waals surface area contributed by atoms with Gasteiger partial charge in [0.1, 0.15) is 18.1 Å². The van der Waals surface area contributed by atoms with Gasteiger partial charge in [-0.15, -0.1) is 0 Å². The lowest BCUT2D eigenvalue weighted by atomic mass is 9.83. The second-order valence-corrected chi connectivity index (χ2v) is 14.0. The molecule has 1 heterocycles. The number of amides is 5. The first kappa shape index (κ1) is 39.3. The largest absolute Gasteiger partial charge is 0.480 e. The highest BCUT2D eigenvalue weighted by molar-refractivity contribution is 6.38. The molecule has 5 atom stereocenters. The third kappa shape index (κ3) is 10.8. The zero-order valence-corrected chi connectivity index (χ0v) is 29.7. The summed E-state index contributed by atoms with van der Waals surface area (Å²) < 4.78 is 4.84. The van der Waals surface area contributed by atoms with E-state index in [-0.39, 0.29) is 37.1 Å². The molecule has 2 saturated carbocycles. The van der Waals surface area contributed by atoms with Gasteiger partial charge in [-0.25, -0.2) is 9.59 Å². The number of Topliss-reactive ketones (excluding diaryl/α,β-unsaturated/α-hetero) is 1. The van der Waals surface area contributed by atoms with Crippen LogP contribution in [-0.4, -0.2) is 95.8 Å². The van der Waals surface area contributed by atoms with Gasteiger partial charge in [0, 0.05) is 12.5 Å². The van der Waals surface area contributed by atoms with Crippen LogP contribution >= 0.6 is 0 Å². The van der Waals surface area contributed by atoms with Crippen LogP contribution in [0.15, 0.2) is 30.3 Å². The van der Waals surface area contributed by atoms with E-state index in [0.29, 0.717) is 19.3 Å². The van der Waals surface area contributed by atoms with Gasteiger partial charge in [-0.1, -0.05) is 82.2 Å². The number of hydrogen-bond acceptors (Lipinski definition) is 8. The summed E-state index contributed by atoms with van der Waals surface area (Å²) in [6.45, 7) is 1.40. The SMILES string of the molecule is CCCC(NC(=O)C1C[C@@H](c2ccccc2)CN1C(=O)[C@@H](NC(=O)OC)C1CCCCC1)C(=O)C(=O)NCC(=O)N[C@H](C(=O)O)C1CCCCC1. The van der Waals surface area contributed by atoms with Gasteiger partial charge in [0.05, 0.1) is 19.7 Å². The quantitative estimate of drug-likeness (QED) is 0.170. The van der Waals surface area contributed by atoms with Crippen molar-refractivity contribution < 1.29 is 43.4 Å². The summed E-state index contributed by atoms with van der Waals surface area (Å²) in [6.07, 6.45) is 8.59. The third-order valence-electron chi connectivity index (χ3n) is 10.6. The van der Waals surface area contributed by atoms with Crippen molar-refractivity contribution >= 4 is 41.5 Å². The molecule has 4 rings (SSSR count). The molecule has 51 heavy (non-hydrogen) atoms. The van der Waals surface area contributed by atoms with Crippen molar-refractivity contribution in [3.63, 3.8) is 0 Å². The first-order chi connectivity index (χ1) is 24.5. The highest BCUT2D eigenvalue weighted by atomic mass is 16.5. The number of carboxylic acids is 1. The lowest BCUT2D eigenvalue weighted by Crippen LogP contribution is -2.58. The molecule has 1 aromatic carbocycles. The van der Waals surface area contributed by atoms with E-state index in [1.165, 1.54) is 12.0 Å². The fraction of sp³-hybridized carbons (Fsp3) is 0.649. The third-order valence-corrected chi connectivity index (χ3v) is 10.6. The van der Waals surface area contributed by atoms with Crippen molar-refractivity contribution in [2.45, 2.75) is 120 Å². The number of ketones is 1. The maximum Gasteiger partial charge on any atom is 0.407 e. The average molecular weight is 712 g/mol. The maximum absolute atomic E-state index is 14.3. The number of benzene rings is 1. The zero-order chi connectivity index (χ0) is 36.9. The highest BCUT2D eigenvalue weighted by Gasteiger charge is 2.45. The van der Waals surface area contributed by atoms with Crippen molar-refractivity contribution in [2.75, 3.05) is 20.2 Å². The Labute approximate surface area is 299 Å². The number of hydrogen-bond donors (Lipinski definition) is 5. The predicted molar refractivity (Wildman–Crippen MR) is 186 cm³/mol. The van der Waals surface area contributed by atoms with E-state index in [9.17, 15) is 38.7 Å². The van der Waals surface area contributed by atoms with Crippen molar-refractivity contribution in [1.82, 2.24) is 26.2 Å². The van der Waals surface area contributed by atoms with Crippen LogP contribution in [-0.2, 0) is 33.5 Å². The molecule has 1 saturated heterocycles. The summed E-state index contributed by atoms with van der Waals surface area (Å²) in [5.74, 6) is -5.46. The summed E-state index contributed by atoms with van der Waals surface area (Å²) >= 11 is 0. The van der Waals surface area contributed by atoms with Crippen molar-refractivity contribution in [1.29, 1.82) is 0 Å². The van der Waals surface area contributed by atoms with Gasteiger partial charge in [0.15, 0.2) is 0 Å². The minimum absolute atomic E-state index is 0.129. The van der Waals surface area contributed by atoms with Gasteiger partial charge in [0.25, 0.3) is 5.91 Å². The number of nitrogens with one attached hydrogen (secondary N) is 4. The van der Waals surface area contributed by atoms with Crippen LogP contribution in [0, 0.1) is 11.8 Å². The first-order valence-electron chi connectivity index (χ1n) is 18.4. The lowest BCUT2D eigenvalue weighted by molar-refractivity contribution is -0.144. The molecular formula is C37H53N5O9. The summed E-state index contributed by atoms with van der Waals surface area (Å²) in [6, 6.07) is 5.30. The Morgan fingerprint density at radius 1 is 0.843 bits per heavy atom. The van der Waals surface area contributed by atoms with Crippen molar-refractivity contribution in [2.24, 2.45) is 11.8 Å². The van der Waals surface area contributed by atoms with Crippen LogP contribution < -0.4 is 21.3 Å². The number of methoxy groups -OCH3 is 1. The number of carbonyl (C=O) groups excluding carboxylic acids is 6. The molecule has 5 N–H and O–H groups in total. The Balaban J connectivity index is 1.46. The number of aliphatic carboxylic acids is 1. The minimum atomic E-state index is -1.23. The molecule has 1 aromatic rings. The van der Waals surface area contributed by atoms with Crippen LogP contribution in [0.2, 0.25) is 0 Å². The van der Waals surface area contributed by atoms with Gasteiger partial charge in [0.2, 0.25) is 23.5 Å². The smallest absolute Gasteiger partial charge is 0.407 e. The molecule has 0 bridgehead atoms. The monoisotopic (exact) mass is 711 g/mol. The predicted octanol–water partition coefficient (Wildman–Crippen LogP) is 2.80. The molecule has 14 heteroatoms. The van der Waals surface area contributed by atoms with Crippen LogP contribution in [0.1, 0.15) is 102 Å². The van der Waals surface area contributed by atoms with Crippen LogP contribution in [0.4, 0.5) is 4.79 Å². The van der Waals surface area contributed by atoms with Gasteiger partial charge in [-0.3, -0.25) is 24.0 Å². The summed E-state index contributed by atoms with van der Waals surface area (Å²) in [5.41, 5.74) is 0.938. The fourth-order valence-corrected chi connectivity index (χ4v) is 7.81. The average Bonchev–Trinajstić information content (AvgIpc) is 3.61. The van der Waals surface area contributed by atoms with Crippen LogP contribution in [0.3, 0.4) is 0 Å². The molecule has 14 nitrogen and oxygen atoms in total. The summed E-state index contributed by atoms with van der Waals surface area (Å²) in [4.78, 5) is 93.0. The number of ether oxygens (including phenoxy) is 1. The zero-order valence-electron chi connectivity index (χ0n) is 29.7. The van der Waals surface area contributed by atoms with E-state index in [1.54, 1.807) is 6.92 Å². The van der Waals surface area contributed by atoms with Gasteiger partial charge in [-0.05, 0) is 55.9 Å². The Morgan fingerprint density at radius 2 is 1.45 bits per heavy atom. The second kappa shape index (κ2) is 19.2. The van der Waals surface area contributed by atoms with Gasteiger partial charge < -0.3 is 36.0 Å². The molecule has 2 unspecified atom stereocenters. The lowest BCUT2D eigenvalue weighted by Gasteiger charge is -2.34. The van der Waals surface area contributed by atoms with E-state index < -0.39 is 72.2 Å². The van der Waals surface area contributed by atoms with Crippen LogP contribution in [0.5, 0.6) is 0 Å². The molecule has 0 aromatic heterocycles. The van der Waals surface area contributed by atoms with Crippen molar-refractivity contribution in [3.8, 4) is 0 Å². The second-order valence-electron chi connectivity index (χ2n) is 14.0. The molecule has 3 fully saturated rings. The molecule has 3 aliphatic rings. The Kier molecular flexibility index (Phi) is 14.8. The normalized spacial score (nSPS) is 21.4. The maximum atomic E-state index is 14.3. The summed E-state index contributed by atoms with van der Waals surface area (Å²) in [5, 5.41) is 19.9. The number of carbonyl (C=O) groups is 7. The number of nitrogens with zero attached hydrogens (tertiary/aromatic N) is 1. The number of carboxylic acid groups (broad SMARTS) is 1. The minimum Gasteiger partial charge on any atom is -0.480 e. The molecule has 1 aliphatic heterocycles. The Bertz CT molecular complexity index is 1390. The first-order valence-corrected chi connectivity index (χ1v) is 18.4. The van der Waals surface area contributed by atoms with Crippen molar-refractivity contribution in [3.05, 3.63) is 35.9 Å². The fourth-order valence-electron chi connectivity index (χ4n) is 7.81. The number of alkyl carbamates (subject to hydrolysis) is 1. The van der Waals surface area contributed by atoms with Gasteiger partial charge >= 0.3 is 12.1 Å². The van der Waals surface area contributed by atoms with E-state index in [4.69, 9.17) is 4.74 Å². The molecule has 280 valence electrons. The number of likely N-dealkylation sites (tertiary alicyclic amines) is 1. The molecule has 0 radical (unpaired) electrons. The van der Waals surface area contributed by atoms with Gasteiger partial charge in [-0.2, -0.15) is 0 Å².